The van der Waals surface area contributed by atoms with Crippen molar-refractivity contribution in [2.75, 3.05) is 20.3 Å². The van der Waals surface area contributed by atoms with E-state index in [0.717, 1.165) is 19.3 Å². The van der Waals surface area contributed by atoms with Crippen LogP contribution < -0.4 is 9.47 Å². The second kappa shape index (κ2) is 12.7. The number of methoxy groups -OCH3 is 1. The highest BCUT2D eigenvalue weighted by molar-refractivity contribution is 5.90. The molecule has 0 saturated heterocycles. The van der Waals surface area contributed by atoms with Gasteiger partial charge in [0.15, 0.2) is 11.5 Å². The molecular formula is C20H32O4. The highest BCUT2D eigenvalue weighted by Gasteiger charge is 2.12. The molecule has 4 nitrogen and oxygen atoms in total. The third-order valence-electron chi connectivity index (χ3n) is 3.89. The minimum atomic E-state index is -0.306. The molecule has 0 radical (unpaired) electrons. The summed E-state index contributed by atoms with van der Waals surface area (Å²) in [6, 6.07) is 5.21. The number of rotatable bonds is 13. The molecule has 0 aromatic heterocycles. The second-order valence-corrected chi connectivity index (χ2v) is 5.97. The van der Waals surface area contributed by atoms with Crippen LogP contribution in [0.4, 0.5) is 0 Å². The Bertz CT molecular complexity index is 471. The Kier molecular flexibility index (Phi) is 10.7. The number of carbonyl (C=O) groups is 1. The van der Waals surface area contributed by atoms with Crippen molar-refractivity contribution in [1.29, 1.82) is 0 Å². The molecule has 0 atom stereocenters. The summed E-state index contributed by atoms with van der Waals surface area (Å²) in [5.74, 6) is 0.943. The Morgan fingerprint density at radius 2 is 1.54 bits per heavy atom. The van der Waals surface area contributed by atoms with Crippen molar-refractivity contribution in [2.45, 2.75) is 65.2 Å². The van der Waals surface area contributed by atoms with Crippen LogP contribution in [0.2, 0.25) is 0 Å². The molecule has 0 aliphatic carbocycles. The summed E-state index contributed by atoms with van der Waals surface area (Å²) in [5, 5.41) is 0. The maximum atomic E-state index is 12.1. The van der Waals surface area contributed by atoms with Crippen LogP contribution in [-0.2, 0) is 4.74 Å². The first-order chi connectivity index (χ1) is 11.7. The zero-order chi connectivity index (χ0) is 17.6. The van der Waals surface area contributed by atoms with E-state index >= 15 is 0 Å². The fourth-order valence-electron chi connectivity index (χ4n) is 2.40. The summed E-state index contributed by atoms with van der Waals surface area (Å²) in [5.41, 5.74) is 0.501. The Morgan fingerprint density at radius 1 is 0.875 bits per heavy atom. The van der Waals surface area contributed by atoms with Crippen LogP contribution in [0.3, 0.4) is 0 Å². The van der Waals surface area contributed by atoms with E-state index in [1.165, 1.54) is 32.1 Å². The summed E-state index contributed by atoms with van der Waals surface area (Å²) in [6.07, 6.45) is 8.98. The summed E-state index contributed by atoms with van der Waals surface area (Å²) in [4.78, 5) is 12.1. The lowest BCUT2D eigenvalue weighted by Gasteiger charge is -2.12. The van der Waals surface area contributed by atoms with Gasteiger partial charge in [-0.15, -0.1) is 0 Å². The van der Waals surface area contributed by atoms with E-state index < -0.39 is 0 Å². The molecule has 0 spiro atoms. The number of benzene rings is 1. The molecule has 0 N–H and O–H groups in total. The molecule has 24 heavy (non-hydrogen) atoms. The van der Waals surface area contributed by atoms with Gasteiger partial charge in [0.05, 0.1) is 25.9 Å². The van der Waals surface area contributed by atoms with Crippen LogP contribution in [0.1, 0.15) is 75.6 Å². The Balaban J connectivity index is 2.47. The lowest BCUT2D eigenvalue weighted by atomic mass is 10.2. The van der Waals surface area contributed by atoms with Crippen molar-refractivity contribution in [3.8, 4) is 11.5 Å². The van der Waals surface area contributed by atoms with Crippen molar-refractivity contribution >= 4 is 5.97 Å². The number of carbonyl (C=O) groups excluding carboxylic acids is 1. The van der Waals surface area contributed by atoms with Gasteiger partial charge >= 0.3 is 5.97 Å². The number of unbranched alkanes of at least 4 members (excludes halogenated alkanes) is 6. The van der Waals surface area contributed by atoms with E-state index in [2.05, 4.69) is 13.8 Å². The molecule has 4 heteroatoms. The number of hydrogen-bond acceptors (Lipinski definition) is 4. The normalized spacial score (nSPS) is 10.5. The predicted molar refractivity (Wildman–Crippen MR) is 97.1 cm³/mol. The highest BCUT2D eigenvalue weighted by atomic mass is 16.5. The van der Waals surface area contributed by atoms with Crippen molar-refractivity contribution in [3.05, 3.63) is 23.8 Å². The van der Waals surface area contributed by atoms with Crippen LogP contribution in [0, 0.1) is 0 Å². The zero-order valence-corrected chi connectivity index (χ0v) is 15.4. The number of esters is 1. The monoisotopic (exact) mass is 336 g/mol. The van der Waals surface area contributed by atoms with E-state index in [4.69, 9.17) is 14.2 Å². The molecule has 0 saturated carbocycles. The van der Waals surface area contributed by atoms with Gasteiger partial charge in [-0.2, -0.15) is 0 Å². The zero-order valence-electron chi connectivity index (χ0n) is 15.4. The quantitative estimate of drug-likeness (QED) is 0.358. The van der Waals surface area contributed by atoms with Gasteiger partial charge < -0.3 is 14.2 Å². The third-order valence-corrected chi connectivity index (χ3v) is 3.89. The third kappa shape index (κ3) is 7.71. The molecule has 0 unspecified atom stereocenters. The first-order valence-electron chi connectivity index (χ1n) is 9.20. The largest absolute Gasteiger partial charge is 0.493 e. The molecule has 136 valence electrons. The molecule has 1 aromatic carbocycles. The topological polar surface area (TPSA) is 44.8 Å². The predicted octanol–water partition coefficient (Wildman–Crippen LogP) is 5.39. The summed E-state index contributed by atoms with van der Waals surface area (Å²) >= 11 is 0. The maximum Gasteiger partial charge on any atom is 0.338 e. The van der Waals surface area contributed by atoms with Crippen molar-refractivity contribution in [2.24, 2.45) is 0 Å². The van der Waals surface area contributed by atoms with Crippen molar-refractivity contribution in [1.82, 2.24) is 0 Å². The molecule has 0 aliphatic heterocycles. The Hall–Kier alpha value is -1.71. The Labute approximate surface area is 146 Å². The van der Waals surface area contributed by atoms with Crippen LogP contribution in [-0.4, -0.2) is 26.3 Å². The van der Waals surface area contributed by atoms with Gasteiger partial charge in [-0.25, -0.2) is 4.79 Å². The van der Waals surface area contributed by atoms with E-state index in [-0.39, 0.29) is 5.97 Å². The lowest BCUT2D eigenvalue weighted by molar-refractivity contribution is 0.0497. The average molecular weight is 336 g/mol. The molecule has 0 amide bonds. The number of hydrogen-bond donors (Lipinski definition) is 0. The molecule has 0 fully saturated rings. The minimum absolute atomic E-state index is 0.306. The van der Waals surface area contributed by atoms with Gasteiger partial charge in [-0.1, -0.05) is 52.4 Å². The van der Waals surface area contributed by atoms with Gasteiger partial charge in [0.2, 0.25) is 0 Å². The first-order valence-corrected chi connectivity index (χ1v) is 9.20. The lowest BCUT2D eigenvalue weighted by Crippen LogP contribution is -2.07. The SMILES string of the molecule is CCCCCCOC(=O)c1ccc(OCCCCCC)c(OC)c1. The van der Waals surface area contributed by atoms with Crippen LogP contribution in [0.5, 0.6) is 11.5 Å². The molecule has 1 rings (SSSR count). The van der Waals surface area contributed by atoms with Gasteiger partial charge in [0.25, 0.3) is 0 Å². The fourth-order valence-corrected chi connectivity index (χ4v) is 2.40. The van der Waals surface area contributed by atoms with Crippen LogP contribution >= 0.6 is 0 Å². The van der Waals surface area contributed by atoms with E-state index in [9.17, 15) is 4.79 Å². The molecule has 1 aromatic rings. The minimum Gasteiger partial charge on any atom is -0.493 e. The molecule has 0 bridgehead atoms. The highest BCUT2D eigenvalue weighted by Crippen LogP contribution is 2.28. The Morgan fingerprint density at radius 3 is 2.17 bits per heavy atom. The van der Waals surface area contributed by atoms with Crippen molar-refractivity contribution < 1.29 is 19.0 Å². The van der Waals surface area contributed by atoms with Gasteiger partial charge in [0, 0.05) is 0 Å². The summed E-state index contributed by atoms with van der Waals surface area (Å²) < 4.78 is 16.4. The van der Waals surface area contributed by atoms with Crippen molar-refractivity contribution in [3.63, 3.8) is 0 Å². The summed E-state index contributed by atoms with van der Waals surface area (Å²) in [6.45, 7) is 5.48. The summed E-state index contributed by atoms with van der Waals surface area (Å²) in [7, 11) is 1.58. The molecule has 0 heterocycles. The maximum absolute atomic E-state index is 12.1. The second-order valence-electron chi connectivity index (χ2n) is 5.97. The average Bonchev–Trinajstić information content (AvgIpc) is 2.61. The fraction of sp³-hybridized carbons (Fsp3) is 0.650. The van der Waals surface area contributed by atoms with E-state index in [0.29, 0.717) is 30.3 Å². The molecule has 0 aliphatic rings. The standard InChI is InChI=1S/C20H32O4/c1-4-6-8-10-14-23-18-13-12-17(16-19(18)22-3)20(21)24-15-11-9-7-5-2/h12-13,16H,4-11,14-15H2,1-3H3. The van der Waals surface area contributed by atoms with E-state index in [1.807, 2.05) is 0 Å². The number of ether oxygens (including phenoxy) is 3. The van der Waals surface area contributed by atoms with E-state index in [1.54, 1.807) is 25.3 Å². The smallest absolute Gasteiger partial charge is 0.338 e. The van der Waals surface area contributed by atoms with Gasteiger partial charge in [0.1, 0.15) is 0 Å². The van der Waals surface area contributed by atoms with Gasteiger partial charge in [-0.05, 0) is 31.0 Å². The first kappa shape index (κ1) is 20.3. The van der Waals surface area contributed by atoms with Gasteiger partial charge in [-0.3, -0.25) is 0 Å². The van der Waals surface area contributed by atoms with Crippen LogP contribution in [0.25, 0.3) is 0 Å². The molecular weight excluding hydrogens is 304 g/mol. The van der Waals surface area contributed by atoms with Crippen LogP contribution in [0.15, 0.2) is 18.2 Å².